The zero-order chi connectivity index (χ0) is 22.1. The van der Waals surface area contributed by atoms with Gasteiger partial charge in [0.2, 0.25) is 0 Å². The van der Waals surface area contributed by atoms with E-state index >= 15 is 0 Å². The number of alkyl halides is 6. The van der Waals surface area contributed by atoms with Crippen LogP contribution >= 0.6 is 0 Å². The Labute approximate surface area is 171 Å². The Bertz CT molecular complexity index is 827. The molecular formula is C22H23F6NO. The van der Waals surface area contributed by atoms with Gasteiger partial charge in [-0.15, -0.1) is 0 Å². The Hall–Kier alpha value is -2.06. The van der Waals surface area contributed by atoms with Gasteiger partial charge in [-0.1, -0.05) is 29.8 Å². The molecule has 1 aliphatic heterocycles. The standard InChI is InChI=1S/C22H23F6NO/c1-14-3-5-16(6-4-14)19-12-29(2)8-7-20(19)30-13-15-9-17(21(23,24)25)11-18(10-15)22(26,27)28/h3-6,9-11,19-20H,7-8,12-13H2,1-2H3. The molecule has 2 atom stereocenters. The number of piperidine rings is 1. The second-order valence-electron chi connectivity index (χ2n) is 7.83. The maximum Gasteiger partial charge on any atom is 0.416 e. The summed E-state index contributed by atoms with van der Waals surface area (Å²) in [6.45, 7) is 3.09. The lowest BCUT2D eigenvalue weighted by molar-refractivity contribution is -0.143. The lowest BCUT2D eigenvalue weighted by Crippen LogP contribution is -2.40. The molecule has 0 radical (unpaired) electrons. The summed E-state index contributed by atoms with van der Waals surface area (Å²) in [7, 11) is 1.97. The van der Waals surface area contributed by atoms with Crippen molar-refractivity contribution >= 4 is 0 Å². The van der Waals surface area contributed by atoms with E-state index in [1.54, 1.807) is 0 Å². The third kappa shape index (κ3) is 5.55. The molecule has 2 aromatic carbocycles. The molecule has 3 rings (SSSR count). The molecule has 0 aliphatic carbocycles. The molecule has 30 heavy (non-hydrogen) atoms. The van der Waals surface area contributed by atoms with Gasteiger partial charge in [-0.05, 0) is 49.7 Å². The molecule has 0 saturated carbocycles. The predicted octanol–water partition coefficient (Wildman–Crippen LogP) is 6.04. The largest absolute Gasteiger partial charge is 0.416 e. The maximum absolute atomic E-state index is 13.1. The predicted molar refractivity (Wildman–Crippen MR) is 101 cm³/mol. The molecule has 1 heterocycles. The van der Waals surface area contributed by atoms with Gasteiger partial charge in [0.05, 0.1) is 23.8 Å². The van der Waals surface area contributed by atoms with Crippen LogP contribution in [0, 0.1) is 6.92 Å². The Kier molecular flexibility index (Phi) is 6.48. The van der Waals surface area contributed by atoms with Gasteiger partial charge in [0.15, 0.2) is 0 Å². The van der Waals surface area contributed by atoms with Crippen LogP contribution in [0.2, 0.25) is 0 Å². The molecule has 1 aliphatic rings. The van der Waals surface area contributed by atoms with Crippen LogP contribution in [0.3, 0.4) is 0 Å². The van der Waals surface area contributed by atoms with Crippen molar-refractivity contribution in [3.05, 3.63) is 70.3 Å². The van der Waals surface area contributed by atoms with E-state index in [0.717, 1.165) is 29.8 Å². The molecular weight excluding hydrogens is 408 g/mol. The molecule has 1 saturated heterocycles. The van der Waals surface area contributed by atoms with Crippen LogP contribution in [0.25, 0.3) is 0 Å². The van der Waals surface area contributed by atoms with E-state index in [0.29, 0.717) is 13.0 Å². The number of likely N-dealkylation sites (N-methyl/N-ethyl adjacent to an activating group) is 1. The van der Waals surface area contributed by atoms with E-state index in [-0.39, 0.29) is 30.3 Å². The van der Waals surface area contributed by atoms with E-state index in [2.05, 4.69) is 4.90 Å². The van der Waals surface area contributed by atoms with Gasteiger partial charge in [0.1, 0.15) is 0 Å². The molecule has 0 aromatic heterocycles. The summed E-state index contributed by atoms with van der Waals surface area (Å²) < 4.78 is 84.3. The van der Waals surface area contributed by atoms with E-state index in [1.807, 2.05) is 38.2 Å². The van der Waals surface area contributed by atoms with Gasteiger partial charge in [0.25, 0.3) is 0 Å². The van der Waals surface area contributed by atoms with Crippen LogP contribution in [0.15, 0.2) is 42.5 Å². The minimum atomic E-state index is -4.87. The van der Waals surface area contributed by atoms with Crippen LogP contribution in [-0.4, -0.2) is 31.1 Å². The highest BCUT2D eigenvalue weighted by Crippen LogP contribution is 2.37. The van der Waals surface area contributed by atoms with Crippen LogP contribution in [-0.2, 0) is 23.7 Å². The number of ether oxygens (including phenoxy) is 1. The lowest BCUT2D eigenvalue weighted by Gasteiger charge is -2.37. The fraction of sp³-hybridized carbons (Fsp3) is 0.455. The highest BCUT2D eigenvalue weighted by atomic mass is 19.4. The van der Waals surface area contributed by atoms with Crippen molar-refractivity contribution in [2.24, 2.45) is 0 Å². The Morgan fingerprint density at radius 1 is 0.933 bits per heavy atom. The van der Waals surface area contributed by atoms with Crippen LogP contribution in [0.5, 0.6) is 0 Å². The number of benzene rings is 2. The molecule has 2 unspecified atom stereocenters. The summed E-state index contributed by atoms with van der Waals surface area (Å²) in [6, 6.07) is 9.51. The Morgan fingerprint density at radius 2 is 1.50 bits per heavy atom. The molecule has 1 fully saturated rings. The van der Waals surface area contributed by atoms with Crippen molar-refractivity contribution in [3.63, 3.8) is 0 Å². The van der Waals surface area contributed by atoms with E-state index in [9.17, 15) is 26.3 Å². The van der Waals surface area contributed by atoms with Crippen molar-refractivity contribution in [3.8, 4) is 0 Å². The summed E-state index contributed by atoms with van der Waals surface area (Å²) in [4.78, 5) is 2.14. The molecule has 0 amide bonds. The Balaban J connectivity index is 1.82. The normalized spacial score (nSPS) is 21.1. The van der Waals surface area contributed by atoms with Gasteiger partial charge in [0, 0.05) is 19.0 Å². The minimum Gasteiger partial charge on any atom is -0.373 e. The summed E-state index contributed by atoms with van der Waals surface area (Å²) >= 11 is 0. The molecule has 0 spiro atoms. The fourth-order valence-corrected chi connectivity index (χ4v) is 3.73. The topological polar surface area (TPSA) is 12.5 Å². The average molecular weight is 431 g/mol. The smallest absolute Gasteiger partial charge is 0.373 e. The Morgan fingerprint density at radius 3 is 2.03 bits per heavy atom. The zero-order valence-electron chi connectivity index (χ0n) is 16.6. The summed E-state index contributed by atoms with van der Waals surface area (Å²) in [5, 5.41) is 0. The maximum atomic E-state index is 13.1. The number of halogens is 6. The first kappa shape index (κ1) is 22.6. The fourth-order valence-electron chi connectivity index (χ4n) is 3.73. The summed E-state index contributed by atoms with van der Waals surface area (Å²) in [5.74, 6) is -0.0164. The number of nitrogens with zero attached hydrogens (tertiary/aromatic N) is 1. The number of likely N-dealkylation sites (tertiary alicyclic amines) is 1. The second kappa shape index (κ2) is 8.59. The number of hydrogen-bond donors (Lipinski definition) is 0. The quantitative estimate of drug-likeness (QED) is 0.548. The first-order valence-electron chi connectivity index (χ1n) is 9.58. The van der Waals surface area contributed by atoms with Crippen LogP contribution in [0.4, 0.5) is 26.3 Å². The molecule has 2 nitrogen and oxygen atoms in total. The lowest BCUT2D eigenvalue weighted by atomic mass is 9.87. The van der Waals surface area contributed by atoms with Crippen molar-refractivity contribution < 1.29 is 31.1 Å². The van der Waals surface area contributed by atoms with E-state index in [1.165, 1.54) is 0 Å². The van der Waals surface area contributed by atoms with Gasteiger partial charge < -0.3 is 9.64 Å². The summed E-state index contributed by atoms with van der Waals surface area (Å²) in [6.07, 6.45) is -9.39. The average Bonchev–Trinajstić information content (AvgIpc) is 2.66. The molecule has 8 heteroatoms. The van der Waals surface area contributed by atoms with Crippen LogP contribution < -0.4 is 0 Å². The molecule has 2 aromatic rings. The monoisotopic (exact) mass is 431 g/mol. The minimum absolute atomic E-state index is 0.0164. The zero-order valence-corrected chi connectivity index (χ0v) is 16.6. The first-order valence-corrected chi connectivity index (χ1v) is 9.58. The third-order valence-corrected chi connectivity index (χ3v) is 5.37. The third-order valence-electron chi connectivity index (χ3n) is 5.37. The SMILES string of the molecule is Cc1ccc(C2CN(C)CCC2OCc2cc(C(F)(F)F)cc(C(F)(F)F)c2)cc1. The highest BCUT2D eigenvalue weighted by molar-refractivity contribution is 5.33. The van der Waals surface area contributed by atoms with E-state index < -0.39 is 23.5 Å². The van der Waals surface area contributed by atoms with Gasteiger partial charge in [-0.3, -0.25) is 0 Å². The first-order chi connectivity index (χ1) is 13.9. The number of aryl methyl sites for hydroxylation is 1. The van der Waals surface area contributed by atoms with Crippen molar-refractivity contribution in [2.45, 2.75) is 44.3 Å². The van der Waals surface area contributed by atoms with Crippen LogP contribution in [0.1, 0.15) is 40.2 Å². The highest BCUT2D eigenvalue weighted by Gasteiger charge is 2.37. The molecule has 0 bridgehead atoms. The van der Waals surface area contributed by atoms with Crippen molar-refractivity contribution in [1.29, 1.82) is 0 Å². The number of rotatable bonds is 4. The van der Waals surface area contributed by atoms with Gasteiger partial charge in [-0.25, -0.2) is 0 Å². The number of hydrogen-bond acceptors (Lipinski definition) is 2. The van der Waals surface area contributed by atoms with Gasteiger partial charge in [-0.2, -0.15) is 26.3 Å². The van der Waals surface area contributed by atoms with E-state index in [4.69, 9.17) is 4.74 Å². The second-order valence-corrected chi connectivity index (χ2v) is 7.83. The van der Waals surface area contributed by atoms with Crippen molar-refractivity contribution in [1.82, 2.24) is 4.90 Å². The molecule has 164 valence electrons. The summed E-state index contributed by atoms with van der Waals surface area (Å²) in [5.41, 5.74) is -0.649. The van der Waals surface area contributed by atoms with Gasteiger partial charge >= 0.3 is 12.4 Å². The molecule has 0 N–H and O–H groups in total. The van der Waals surface area contributed by atoms with Crippen molar-refractivity contribution in [2.75, 3.05) is 20.1 Å².